The summed E-state index contributed by atoms with van der Waals surface area (Å²) in [4.78, 5) is 106. The van der Waals surface area contributed by atoms with Gasteiger partial charge in [0.05, 0.1) is 19.1 Å². The van der Waals surface area contributed by atoms with Gasteiger partial charge in [-0.05, 0) is 49.0 Å². The number of hydrogen-bond donors (Lipinski definition) is 9. The molecule has 1 saturated heterocycles. The highest BCUT2D eigenvalue weighted by Gasteiger charge is 2.39. The van der Waals surface area contributed by atoms with Crippen LogP contribution in [-0.2, 0) is 44.8 Å². The van der Waals surface area contributed by atoms with Crippen LogP contribution in [0.2, 0.25) is 0 Å². The number of likely N-dealkylation sites (tertiary alicyclic amines) is 1. The number of aliphatic hydroxyl groups excluding tert-OH is 1. The number of primary amides is 1. The van der Waals surface area contributed by atoms with Crippen molar-refractivity contribution >= 4 is 47.3 Å². The average molecular weight is 789 g/mol. The number of carboxylic acids is 1. The van der Waals surface area contributed by atoms with E-state index in [1.807, 2.05) is 13.8 Å². The summed E-state index contributed by atoms with van der Waals surface area (Å²) in [5, 5.41) is 32.4. The summed E-state index contributed by atoms with van der Waals surface area (Å²) in [7, 11) is 0. The minimum atomic E-state index is -1.67. The Hall–Kier alpha value is -5.10. The molecule has 18 heteroatoms. The molecule has 1 aliphatic rings. The first-order valence-corrected chi connectivity index (χ1v) is 19.0. The van der Waals surface area contributed by atoms with Crippen LogP contribution in [0.4, 0.5) is 0 Å². The fraction of sp³-hybridized carbons (Fsp3) is 0.632. The lowest BCUT2D eigenvalue weighted by Gasteiger charge is -2.29. The van der Waals surface area contributed by atoms with E-state index >= 15 is 0 Å². The van der Waals surface area contributed by atoms with Crippen molar-refractivity contribution in [3.63, 3.8) is 0 Å². The number of hydrogen-bond acceptors (Lipinski definition) is 10. The van der Waals surface area contributed by atoms with Gasteiger partial charge >= 0.3 is 5.97 Å². The lowest BCUT2D eigenvalue weighted by Crippen LogP contribution is -2.61. The number of aliphatic hydroxyl groups is 1. The summed E-state index contributed by atoms with van der Waals surface area (Å²) in [5.41, 5.74) is 12.1. The normalized spacial score (nSPS) is 17.3. The van der Waals surface area contributed by atoms with Crippen molar-refractivity contribution in [3.8, 4) is 0 Å². The Bertz CT molecular complexity index is 1540. The zero-order chi connectivity index (χ0) is 42.3. The lowest BCUT2D eigenvalue weighted by atomic mass is 9.98. The molecule has 56 heavy (non-hydrogen) atoms. The van der Waals surface area contributed by atoms with Crippen LogP contribution in [0.5, 0.6) is 0 Å². The molecular weight excluding hydrogens is 728 g/mol. The quantitative estimate of drug-likeness (QED) is 0.0664. The molecule has 0 bridgehead atoms. The fourth-order valence-electron chi connectivity index (χ4n) is 6.33. The average Bonchev–Trinajstić information content (AvgIpc) is 3.61. The molecule has 7 amide bonds. The van der Waals surface area contributed by atoms with E-state index < -0.39 is 109 Å². The van der Waals surface area contributed by atoms with E-state index in [2.05, 4.69) is 26.6 Å². The highest BCUT2D eigenvalue weighted by Crippen LogP contribution is 2.20. The van der Waals surface area contributed by atoms with Gasteiger partial charge in [0.15, 0.2) is 0 Å². The Morgan fingerprint density at radius 1 is 0.732 bits per heavy atom. The zero-order valence-electron chi connectivity index (χ0n) is 33.1. The molecule has 0 aliphatic carbocycles. The number of aliphatic carboxylic acids is 1. The number of nitrogens with zero attached hydrogens (tertiary/aromatic N) is 1. The topological polar surface area (TPSA) is 292 Å². The van der Waals surface area contributed by atoms with Gasteiger partial charge in [0.1, 0.15) is 36.3 Å². The molecule has 0 saturated carbocycles. The van der Waals surface area contributed by atoms with E-state index in [-0.39, 0.29) is 37.6 Å². The maximum atomic E-state index is 13.7. The van der Waals surface area contributed by atoms with Gasteiger partial charge in [-0.15, -0.1) is 0 Å². The number of carbonyl (C=O) groups excluding carboxylic acids is 7. The van der Waals surface area contributed by atoms with Crippen molar-refractivity contribution in [3.05, 3.63) is 35.9 Å². The van der Waals surface area contributed by atoms with E-state index in [1.54, 1.807) is 58.0 Å². The van der Waals surface area contributed by atoms with Crippen LogP contribution >= 0.6 is 0 Å². The van der Waals surface area contributed by atoms with E-state index in [1.165, 1.54) is 4.90 Å². The van der Waals surface area contributed by atoms with E-state index in [4.69, 9.17) is 11.5 Å². The Morgan fingerprint density at radius 3 is 1.80 bits per heavy atom. The Morgan fingerprint density at radius 2 is 1.27 bits per heavy atom. The second kappa shape index (κ2) is 22.5. The van der Waals surface area contributed by atoms with Gasteiger partial charge in [-0.1, -0.05) is 71.9 Å². The molecule has 7 atom stereocenters. The van der Waals surface area contributed by atoms with Crippen molar-refractivity contribution in [2.45, 2.75) is 122 Å². The number of carboxylic acid groups (broad SMARTS) is 1. The van der Waals surface area contributed by atoms with Gasteiger partial charge in [0.2, 0.25) is 41.4 Å². The Balaban J connectivity index is 2.26. The molecule has 18 nitrogen and oxygen atoms in total. The molecule has 312 valence electrons. The summed E-state index contributed by atoms with van der Waals surface area (Å²) in [6, 6.07) is -0.255. The third kappa shape index (κ3) is 14.9. The molecule has 1 fully saturated rings. The molecule has 0 unspecified atom stereocenters. The predicted octanol–water partition coefficient (Wildman–Crippen LogP) is -1.33. The van der Waals surface area contributed by atoms with Crippen LogP contribution in [0.1, 0.15) is 79.2 Å². The van der Waals surface area contributed by atoms with Crippen LogP contribution < -0.4 is 38.1 Å². The number of benzene rings is 1. The van der Waals surface area contributed by atoms with Crippen LogP contribution in [0.3, 0.4) is 0 Å². The van der Waals surface area contributed by atoms with Gasteiger partial charge < -0.3 is 53.2 Å². The molecular formula is C38H60N8O10. The molecule has 1 aromatic carbocycles. The maximum Gasteiger partial charge on any atom is 0.326 e. The second-order valence-electron chi connectivity index (χ2n) is 15.4. The van der Waals surface area contributed by atoms with Crippen molar-refractivity contribution in [1.82, 2.24) is 31.5 Å². The Labute approximate surface area is 327 Å². The molecule has 1 aliphatic heterocycles. The van der Waals surface area contributed by atoms with Gasteiger partial charge in [0, 0.05) is 13.0 Å². The van der Waals surface area contributed by atoms with Crippen molar-refractivity contribution in [1.29, 1.82) is 0 Å². The highest BCUT2D eigenvalue weighted by molar-refractivity contribution is 5.98. The summed E-state index contributed by atoms with van der Waals surface area (Å²) in [6.45, 7) is 10.0. The molecule has 0 aromatic heterocycles. The molecule has 1 aromatic rings. The summed E-state index contributed by atoms with van der Waals surface area (Å²) < 4.78 is 0. The second-order valence-corrected chi connectivity index (χ2v) is 15.4. The number of rotatable bonds is 22. The van der Waals surface area contributed by atoms with Crippen molar-refractivity contribution in [2.24, 2.45) is 29.2 Å². The van der Waals surface area contributed by atoms with Crippen molar-refractivity contribution in [2.75, 3.05) is 13.2 Å². The van der Waals surface area contributed by atoms with Crippen LogP contribution in [0.15, 0.2) is 30.3 Å². The summed E-state index contributed by atoms with van der Waals surface area (Å²) in [5.74, 6) is -7.40. The first kappa shape index (κ1) is 47.1. The van der Waals surface area contributed by atoms with E-state index in [9.17, 15) is 48.6 Å². The summed E-state index contributed by atoms with van der Waals surface area (Å²) in [6.07, 6.45) is 0.384. The highest BCUT2D eigenvalue weighted by atomic mass is 16.4. The van der Waals surface area contributed by atoms with Gasteiger partial charge in [-0.25, -0.2) is 4.79 Å². The molecule has 2 rings (SSSR count). The number of nitrogens with two attached hydrogens (primary N) is 2. The molecule has 0 spiro atoms. The predicted molar refractivity (Wildman–Crippen MR) is 205 cm³/mol. The largest absolute Gasteiger partial charge is 0.480 e. The lowest BCUT2D eigenvalue weighted by molar-refractivity contribution is -0.149. The van der Waals surface area contributed by atoms with Gasteiger partial charge in [-0.3, -0.25) is 33.6 Å². The SMILES string of the molecule is CC(C)C[C@H](NC(=O)[C@@H](NC(=O)[C@@H](N)CC(C)C)C(C)C)C(=O)N[C@@H](CO)C(=O)N[C@@H](CC(N)=O)C(=O)N[C@@H](Cc1ccccc1)C(=O)N1CCC[C@H]1C(=O)O. The minimum absolute atomic E-state index is 0.0458. The fourth-order valence-corrected chi connectivity index (χ4v) is 6.33. The Kier molecular flexibility index (Phi) is 18.9. The first-order valence-electron chi connectivity index (χ1n) is 19.0. The van der Waals surface area contributed by atoms with Crippen LogP contribution in [0, 0.1) is 17.8 Å². The minimum Gasteiger partial charge on any atom is -0.480 e. The van der Waals surface area contributed by atoms with Crippen molar-refractivity contribution < 1.29 is 48.6 Å². The van der Waals surface area contributed by atoms with Gasteiger partial charge in [-0.2, -0.15) is 0 Å². The van der Waals surface area contributed by atoms with Gasteiger partial charge in [0.25, 0.3) is 0 Å². The molecule has 1 heterocycles. The molecule has 11 N–H and O–H groups in total. The smallest absolute Gasteiger partial charge is 0.326 e. The third-order valence-corrected chi connectivity index (χ3v) is 9.22. The van der Waals surface area contributed by atoms with E-state index in [0.29, 0.717) is 18.4 Å². The number of amides is 7. The van der Waals surface area contributed by atoms with Crippen LogP contribution in [0.25, 0.3) is 0 Å². The first-order chi connectivity index (χ1) is 26.2. The number of nitrogens with one attached hydrogen (secondary N) is 5. The van der Waals surface area contributed by atoms with E-state index in [0.717, 1.165) is 0 Å². The molecule has 0 radical (unpaired) electrons. The monoisotopic (exact) mass is 788 g/mol. The standard InChI is InChI=1S/C38H60N8O10/c1-20(2)15-24(39)32(49)45-31(22(5)6)36(53)42-25(16-21(3)4)33(50)44-28(19-47)35(52)41-26(18-30(40)48)34(51)43-27(17-23-11-8-7-9-12-23)37(54)46-14-10-13-29(46)38(55)56/h7-9,11-12,20-22,24-29,31,47H,10,13-19,39H2,1-6H3,(H2,40,48)(H,41,52)(H,42,53)(H,43,51)(H,44,50)(H,45,49)(H,55,56)/t24-,25-,26-,27-,28-,29-,31-/m0/s1. The maximum absolute atomic E-state index is 13.7. The zero-order valence-corrected chi connectivity index (χ0v) is 33.1. The number of carbonyl (C=O) groups is 8. The summed E-state index contributed by atoms with van der Waals surface area (Å²) >= 11 is 0. The van der Waals surface area contributed by atoms with Crippen LogP contribution in [-0.4, -0.2) is 118 Å². The third-order valence-electron chi connectivity index (χ3n) is 9.22.